The number of carbonyl (C=O) groups excluding carboxylic acids is 1. The summed E-state index contributed by atoms with van der Waals surface area (Å²) in [6, 6.07) is 8.74. The van der Waals surface area contributed by atoms with Crippen molar-refractivity contribution in [3.05, 3.63) is 62.6 Å². The summed E-state index contributed by atoms with van der Waals surface area (Å²) in [7, 11) is 0. The van der Waals surface area contributed by atoms with Gasteiger partial charge in [0.2, 0.25) is 0 Å². The van der Waals surface area contributed by atoms with Crippen molar-refractivity contribution in [1.82, 2.24) is 5.32 Å². The van der Waals surface area contributed by atoms with Crippen LogP contribution in [0.5, 0.6) is 0 Å². The van der Waals surface area contributed by atoms with E-state index in [2.05, 4.69) is 22.8 Å². The van der Waals surface area contributed by atoms with Gasteiger partial charge in [-0.05, 0) is 62.3 Å². The van der Waals surface area contributed by atoms with Gasteiger partial charge in [0.15, 0.2) is 5.11 Å². The van der Waals surface area contributed by atoms with Crippen LogP contribution < -0.4 is 10.6 Å². The average Bonchev–Trinajstić information content (AvgIpc) is 2.41. The van der Waals surface area contributed by atoms with Crippen LogP contribution in [0.3, 0.4) is 0 Å². The van der Waals surface area contributed by atoms with Gasteiger partial charge < -0.3 is 5.32 Å². The third-order valence-electron chi connectivity index (χ3n) is 3.27. The zero-order valence-corrected chi connectivity index (χ0v) is 15.3. The molecule has 0 unspecified atom stereocenters. The molecule has 2 aromatic carbocycles. The lowest BCUT2D eigenvalue weighted by molar-refractivity contribution is 0.0977. The van der Waals surface area contributed by atoms with Gasteiger partial charge in [0.05, 0.1) is 0 Å². The van der Waals surface area contributed by atoms with Crippen LogP contribution in [0.2, 0.25) is 10.0 Å². The highest BCUT2D eigenvalue weighted by Gasteiger charge is 2.11. The molecule has 23 heavy (non-hydrogen) atoms. The number of carbonyl (C=O) groups is 1. The Morgan fingerprint density at radius 3 is 2.00 bits per heavy atom. The zero-order chi connectivity index (χ0) is 17.1. The largest absolute Gasteiger partial charge is 0.332 e. The van der Waals surface area contributed by atoms with E-state index in [1.165, 1.54) is 17.7 Å². The lowest BCUT2D eigenvalue weighted by atomic mass is 10.1. The maximum atomic E-state index is 12.2. The highest BCUT2D eigenvalue weighted by molar-refractivity contribution is 7.80. The Balaban J connectivity index is 2.12. The minimum atomic E-state index is -0.366. The Morgan fingerprint density at radius 2 is 1.48 bits per heavy atom. The Bertz CT molecular complexity index is 747. The van der Waals surface area contributed by atoms with Gasteiger partial charge in [-0.25, -0.2) is 0 Å². The molecule has 6 heteroatoms. The molecule has 0 saturated carbocycles. The molecule has 0 aliphatic rings. The summed E-state index contributed by atoms with van der Waals surface area (Å²) in [5, 5.41) is 6.71. The number of rotatable bonds is 2. The first-order valence-corrected chi connectivity index (χ1v) is 8.09. The molecule has 120 valence electrons. The Hall–Kier alpha value is -1.62. The van der Waals surface area contributed by atoms with Crippen molar-refractivity contribution in [2.45, 2.75) is 20.8 Å². The van der Waals surface area contributed by atoms with Crippen LogP contribution in [0.4, 0.5) is 5.69 Å². The highest BCUT2D eigenvalue weighted by Crippen LogP contribution is 2.22. The topological polar surface area (TPSA) is 41.1 Å². The van der Waals surface area contributed by atoms with Gasteiger partial charge in [0.25, 0.3) is 5.91 Å². The molecule has 0 spiro atoms. The summed E-state index contributed by atoms with van der Waals surface area (Å²) in [4.78, 5) is 12.2. The minimum Gasteiger partial charge on any atom is -0.332 e. The normalized spacial score (nSPS) is 10.3. The third-order valence-corrected chi connectivity index (χ3v) is 3.91. The van der Waals surface area contributed by atoms with Gasteiger partial charge in [-0.15, -0.1) is 0 Å². The van der Waals surface area contributed by atoms with Gasteiger partial charge in [-0.3, -0.25) is 10.1 Å². The first kappa shape index (κ1) is 17.7. The quantitative estimate of drug-likeness (QED) is 0.731. The fourth-order valence-corrected chi connectivity index (χ4v) is 3.10. The van der Waals surface area contributed by atoms with Gasteiger partial charge >= 0.3 is 0 Å². The van der Waals surface area contributed by atoms with Gasteiger partial charge in [-0.1, -0.05) is 40.9 Å². The molecule has 2 N–H and O–H groups in total. The molecule has 0 aromatic heterocycles. The van der Waals surface area contributed by atoms with Crippen molar-refractivity contribution in [2.75, 3.05) is 5.32 Å². The number of amides is 1. The van der Waals surface area contributed by atoms with Crippen molar-refractivity contribution >= 4 is 52.1 Å². The van der Waals surface area contributed by atoms with E-state index in [1.54, 1.807) is 6.07 Å². The molecule has 2 aromatic rings. The molecule has 0 fully saturated rings. The maximum absolute atomic E-state index is 12.2. The van der Waals surface area contributed by atoms with Crippen LogP contribution in [-0.2, 0) is 0 Å². The van der Waals surface area contributed by atoms with E-state index < -0.39 is 0 Å². The lowest BCUT2D eigenvalue weighted by Gasteiger charge is -2.15. The first-order valence-electron chi connectivity index (χ1n) is 6.92. The number of benzene rings is 2. The predicted molar refractivity (Wildman–Crippen MR) is 101 cm³/mol. The van der Waals surface area contributed by atoms with E-state index in [0.29, 0.717) is 15.6 Å². The van der Waals surface area contributed by atoms with E-state index in [1.807, 2.05) is 20.8 Å². The van der Waals surface area contributed by atoms with Crippen molar-refractivity contribution in [1.29, 1.82) is 0 Å². The van der Waals surface area contributed by atoms with E-state index in [-0.39, 0.29) is 11.0 Å². The smallest absolute Gasteiger partial charge is 0.257 e. The van der Waals surface area contributed by atoms with Crippen LogP contribution in [-0.4, -0.2) is 11.0 Å². The molecule has 1 amide bonds. The second-order valence-electron chi connectivity index (χ2n) is 5.34. The number of hydrogen-bond donors (Lipinski definition) is 2. The molecule has 0 aliphatic carbocycles. The molecular weight excluding hydrogens is 351 g/mol. The molecule has 0 aliphatic heterocycles. The fourth-order valence-electron chi connectivity index (χ4n) is 2.38. The first-order chi connectivity index (χ1) is 10.8. The SMILES string of the molecule is Cc1cc(C)c(NC(=S)NC(=O)c2cc(Cl)cc(Cl)c2)c(C)c1. The molecule has 3 nitrogen and oxygen atoms in total. The van der Waals surface area contributed by atoms with Crippen LogP contribution >= 0.6 is 35.4 Å². The molecule has 0 atom stereocenters. The highest BCUT2D eigenvalue weighted by atomic mass is 35.5. The van der Waals surface area contributed by atoms with Crippen molar-refractivity contribution in [3.63, 3.8) is 0 Å². The summed E-state index contributed by atoms with van der Waals surface area (Å²) in [5.74, 6) is -0.366. The van der Waals surface area contributed by atoms with Crippen molar-refractivity contribution in [3.8, 4) is 0 Å². The summed E-state index contributed by atoms with van der Waals surface area (Å²) in [6.45, 7) is 6.01. The Kier molecular flexibility index (Phi) is 5.63. The van der Waals surface area contributed by atoms with Crippen LogP contribution in [0.1, 0.15) is 27.0 Å². The summed E-state index contributed by atoms with van der Waals surface area (Å²) in [5.41, 5.74) is 4.54. The molecule has 0 radical (unpaired) electrons. The lowest BCUT2D eigenvalue weighted by Crippen LogP contribution is -2.34. The van der Waals surface area contributed by atoms with Crippen molar-refractivity contribution in [2.24, 2.45) is 0 Å². The number of nitrogens with one attached hydrogen (secondary N) is 2. The monoisotopic (exact) mass is 366 g/mol. The number of aryl methyl sites for hydroxylation is 3. The van der Waals surface area contributed by atoms with Crippen LogP contribution in [0, 0.1) is 20.8 Å². The average molecular weight is 367 g/mol. The summed E-state index contributed by atoms with van der Waals surface area (Å²) < 4.78 is 0. The maximum Gasteiger partial charge on any atom is 0.257 e. The van der Waals surface area contributed by atoms with Crippen LogP contribution in [0.25, 0.3) is 0 Å². The zero-order valence-electron chi connectivity index (χ0n) is 13.0. The van der Waals surface area contributed by atoms with E-state index in [4.69, 9.17) is 35.4 Å². The van der Waals surface area contributed by atoms with Gasteiger partial charge in [0.1, 0.15) is 0 Å². The second-order valence-corrected chi connectivity index (χ2v) is 6.62. The molecular formula is C17H16Cl2N2OS. The Labute approximate surface area is 151 Å². The number of anilines is 1. The molecule has 2 rings (SSSR count). The minimum absolute atomic E-state index is 0.223. The molecule has 0 heterocycles. The van der Waals surface area contributed by atoms with Gasteiger partial charge in [-0.2, -0.15) is 0 Å². The van der Waals surface area contributed by atoms with E-state index >= 15 is 0 Å². The van der Waals surface area contributed by atoms with E-state index in [0.717, 1.165) is 16.8 Å². The second kappa shape index (κ2) is 7.30. The molecule has 0 bridgehead atoms. The number of thiocarbonyl (C=S) groups is 1. The number of hydrogen-bond acceptors (Lipinski definition) is 2. The number of halogens is 2. The van der Waals surface area contributed by atoms with Crippen molar-refractivity contribution < 1.29 is 4.79 Å². The fraction of sp³-hybridized carbons (Fsp3) is 0.176. The standard InChI is InChI=1S/C17H16Cl2N2OS/c1-9-4-10(2)15(11(3)5-9)20-17(23)21-16(22)12-6-13(18)8-14(19)7-12/h4-8H,1-3H3,(H2,20,21,22,23). The predicted octanol–water partition coefficient (Wildman–Crippen LogP) is 5.05. The Morgan fingerprint density at radius 1 is 0.957 bits per heavy atom. The molecule has 0 saturated heterocycles. The van der Waals surface area contributed by atoms with Gasteiger partial charge in [0, 0.05) is 21.3 Å². The third kappa shape index (κ3) is 4.67. The summed E-state index contributed by atoms with van der Waals surface area (Å²) in [6.07, 6.45) is 0. The van der Waals surface area contributed by atoms with E-state index in [9.17, 15) is 4.79 Å². The summed E-state index contributed by atoms with van der Waals surface area (Å²) >= 11 is 17.0. The van der Waals surface area contributed by atoms with Crippen LogP contribution in [0.15, 0.2) is 30.3 Å².